The van der Waals surface area contributed by atoms with E-state index in [0.29, 0.717) is 13.2 Å². The van der Waals surface area contributed by atoms with E-state index in [-0.39, 0.29) is 12.9 Å². The minimum absolute atomic E-state index is 0.176. The third-order valence-corrected chi connectivity index (χ3v) is 6.34. The number of hydrogen-bond donors (Lipinski definition) is 1. The first-order valence-electron chi connectivity index (χ1n) is 9.41. The van der Waals surface area contributed by atoms with Crippen LogP contribution in [0, 0.1) is 0 Å². The fraction of sp³-hybridized carbons (Fsp3) is 0.381. The summed E-state index contributed by atoms with van der Waals surface area (Å²) in [5, 5.41) is 5.97. The maximum absolute atomic E-state index is 5.80. The van der Waals surface area contributed by atoms with Crippen LogP contribution in [-0.4, -0.2) is 36.1 Å². The van der Waals surface area contributed by atoms with Crippen LogP contribution in [0.25, 0.3) is 11.8 Å². The Hall–Kier alpha value is -1.90. The Morgan fingerprint density at radius 1 is 1.41 bits per heavy atom. The van der Waals surface area contributed by atoms with E-state index in [1.165, 1.54) is 0 Å². The number of hydrogen-bond acceptors (Lipinski definition) is 6. The monoisotopic (exact) mass is 479 g/mol. The number of ether oxygens (including phenoxy) is 3. The van der Waals surface area contributed by atoms with E-state index in [2.05, 4.69) is 32.4 Å². The van der Waals surface area contributed by atoms with Crippen molar-refractivity contribution in [2.75, 3.05) is 20.4 Å². The Labute approximate surface area is 183 Å². The summed E-state index contributed by atoms with van der Waals surface area (Å²) in [4.78, 5) is 5.93. The van der Waals surface area contributed by atoms with Crippen LogP contribution in [0.1, 0.15) is 20.8 Å². The van der Waals surface area contributed by atoms with E-state index in [0.717, 1.165) is 42.4 Å². The highest BCUT2D eigenvalue weighted by Gasteiger charge is 2.19. The summed E-state index contributed by atoms with van der Waals surface area (Å²) < 4.78 is 19.9. The number of rotatable bonds is 8. The van der Waals surface area contributed by atoms with Crippen LogP contribution in [0.2, 0.25) is 0 Å². The topological polar surface area (TPSA) is 57.5 Å². The number of aromatic nitrogens is 2. The van der Waals surface area contributed by atoms with Gasteiger partial charge in [0.25, 0.3) is 0 Å². The number of nitrogens with zero attached hydrogens (tertiary/aromatic N) is 2. The van der Waals surface area contributed by atoms with Crippen LogP contribution >= 0.6 is 27.7 Å². The molecule has 1 N–H and O–H groups in total. The van der Waals surface area contributed by atoms with Crippen molar-refractivity contribution in [2.24, 2.45) is 0 Å². The maximum atomic E-state index is 5.80. The molecule has 0 saturated heterocycles. The summed E-state index contributed by atoms with van der Waals surface area (Å²) in [5.74, 6) is 1.49. The van der Waals surface area contributed by atoms with Crippen LogP contribution < -0.4 is 25.5 Å². The summed E-state index contributed by atoms with van der Waals surface area (Å²) in [5.41, 5.74) is 0.994. The Kier molecular flexibility index (Phi) is 7.32. The van der Waals surface area contributed by atoms with Crippen molar-refractivity contribution in [1.29, 1.82) is 0 Å². The van der Waals surface area contributed by atoms with Crippen LogP contribution in [0.3, 0.4) is 0 Å². The third-order valence-electron chi connectivity index (χ3n) is 4.37. The zero-order valence-electron chi connectivity index (χ0n) is 17.1. The quantitative estimate of drug-likeness (QED) is 0.626. The van der Waals surface area contributed by atoms with Gasteiger partial charge in [-0.1, -0.05) is 24.4 Å². The lowest BCUT2D eigenvalue weighted by Gasteiger charge is -2.11. The molecule has 0 fully saturated rings. The van der Waals surface area contributed by atoms with Gasteiger partial charge in [0.15, 0.2) is 16.7 Å². The molecule has 0 radical (unpaired) electrons. The van der Waals surface area contributed by atoms with Crippen LogP contribution in [0.4, 0.5) is 0 Å². The lowest BCUT2D eigenvalue weighted by atomic mass is 10.3. The Morgan fingerprint density at radius 3 is 2.79 bits per heavy atom. The molecule has 1 aromatic heterocycles. The molecule has 0 unspecified atom stereocenters. The zero-order chi connectivity index (χ0) is 21.0. The van der Waals surface area contributed by atoms with Gasteiger partial charge in [-0.25, -0.2) is 4.98 Å². The van der Waals surface area contributed by atoms with Gasteiger partial charge in [-0.3, -0.25) is 0 Å². The number of halogens is 1. The number of fused-ring (bicyclic) bond motifs is 1. The zero-order valence-corrected chi connectivity index (χ0v) is 19.5. The molecule has 1 aliphatic heterocycles. The summed E-state index contributed by atoms with van der Waals surface area (Å²) in [6.07, 6.45) is 3.94. The predicted octanol–water partition coefficient (Wildman–Crippen LogP) is 3.26. The highest BCUT2D eigenvalue weighted by Crippen LogP contribution is 2.42. The first kappa shape index (κ1) is 21.8. The Balaban J connectivity index is 2.07. The van der Waals surface area contributed by atoms with Crippen molar-refractivity contribution in [2.45, 2.75) is 43.5 Å². The lowest BCUT2D eigenvalue weighted by Crippen LogP contribution is -2.34. The van der Waals surface area contributed by atoms with E-state index >= 15 is 0 Å². The SMILES string of the molecule is C=C/C=c1\c(=C(/C)NC)nc(Sc2cc3c(cc2Br)OCO3)n1CCOC(C)C. The summed E-state index contributed by atoms with van der Waals surface area (Å²) in [6.45, 7) is 11.5. The molecule has 0 spiro atoms. The second kappa shape index (κ2) is 9.73. The number of allylic oxidation sites excluding steroid dienone is 1. The predicted molar refractivity (Wildman–Crippen MR) is 120 cm³/mol. The van der Waals surface area contributed by atoms with Crippen molar-refractivity contribution < 1.29 is 14.2 Å². The molecule has 1 aromatic carbocycles. The van der Waals surface area contributed by atoms with Gasteiger partial charge in [0.05, 0.1) is 18.1 Å². The Morgan fingerprint density at radius 2 is 2.14 bits per heavy atom. The summed E-state index contributed by atoms with van der Waals surface area (Å²) >= 11 is 5.22. The van der Waals surface area contributed by atoms with E-state index in [1.54, 1.807) is 17.8 Å². The van der Waals surface area contributed by atoms with Crippen LogP contribution in [0.5, 0.6) is 11.5 Å². The molecule has 8 heteroatoms. The van der Waals surface area contributed by atoms with E-state index < -0.39 is 0 Å². The molecule has 3 rings (SSSR count). The third kappa shape index (κ3) is 4.99. The molecular weight excluding hydrogens is 454 g/mol. The van der Waals surface area contributed by atoms with Crippen molar-refractivity contribution in [3.8, 4) is 11.5 Å². The number of imidazole rings is 1. The molecule has 0 atom stereocenters. The molecule has 6 nitrogen and oxygen atoms in total. The van der Waals surface area contributed by atoms with Crippen molar-refractivity contribution in [3.05, 3.63) is 40.0 Å². The van der Waals surface area contributed by atoms with Gasteiger partial charge < -0.3 is 24.1 Å². The van der Waals surface area contributed by atoms with Gasteiger partial charge in [-0.15, -0.1) is 0 Å². The highest BCUT2D eigenvalue weighted by atomic mass is 79.9. The van der Waals surface area contributed by atoms with E-state index in [4.69, 9.17) is 19.2 Å². The first-order valence-corrected chi connectivity index (χ1v) is 11.0. The summed E-state index contributed by atoms with van der Waals surface area (Å²) in [6, 6.07) is 3.91. The Bertz CT molecular complexity index is 1020. The van der Waals surface area contributed by atoms with Gasteiger partial charge in [0.2, 0.25) is 6.79 Å². The molecule has 0 saturated carbocycles. The van der Waals surface area contributed by atoms with Crippen molar-refractivity contribution in [3.63, 3.8) is 0 Å². The molecule has 156 valence electrons. The normalized spacial score (nSPS) is 14.5. The number of nitrogens with one attached hydrogen (secondary N) is 1. The number of benzene rings is 1. The fourth-order valence-electron chi connectivity index (χ4n) is 2.87. The molecule has 2 heterocycles. The van der Waals surface area contributed by atoms with E-state index in [1.807, 2.05) is 46.0 Å². The second-order valence-corrected chi connectivity index (χ2v) is 8.58. The van der Waals surface area contributed by atoms with Gasteiger partial charge >= 0.3 is 0 Å². The van der Waals surface area contributed by atoms with Crippen LogP contribution in [-0.2, 0) is 11.3 Å². The fourth-order valence-corrected chi connectivity index (χ4v) is 4.39. The minimum Gasteiger partial charge on any atom is -0.454 e. The standard InChI is InChI=1S/C21H26BrN3O3S/c1-6-7-16-20(14(4)23-5)24-21(25(16)8-9-26-13(2)3)29-19-11-18-17(10-15(19)22)27-12-28-18/h6-7,10-11,13,23H,1,8-9,12H2,2-5H3/b16-7+,20-14-. The van der Waals surface area contributed by atoms with E-state index in [9.17, 15) is 0 Å². The molecule has 1 aliphatic rings. The molecule has 0 aliphatic carbocycles. The smallest absolute Gasteiger partial charge is 0.231 e. The molecular formula is C21H26BrN3O3S. The molecule has 2 aromatic rings. The second-order valence-electron chi connectivity index (χ2n) is 6.71. The maximum Gasteiger partial charge on any atom is 0.231 e. The average Bonchev–Trinajstić information content (AvgIpc) is 3.26. The molecule has 0 amide bonds. The van der Waals surface area contributed by atoms with Crippen molar-refractivity contribution >= 4 is 39.5 Å². The van der Waals surface area contributed by atoms with Gasteiger partial charge in [0, 0.05) is 28.7 Å². The molecule has 0 bridgehead atoms. The van der Waals surface area contributed by atoms with Gasteiger partial charge in [0.1, 0.15) is 5.35 Å². The van der Waals surface area contributed by atoms with Gasteiger partial charge in [-0.2, -0.15) is 0 Å². The van der Waals surface area contributed by atoms with Gasteiger partial charge in [-0.05, 0) is 54.9 Å². The van der Waals surface area contributed by atoms with Crippen molar-refractivity contribution in [1.82, 2.24) is 14.9 Å². The molecule has 29 heavy (non-hydrogen) atoms. The largest absolute Gasteiger partial charge is 0.454 e. The average molecular weight is 480 g/mol. The lowest BCUT2D eigenvalue weighted by molar-refractivity contribution is 0.0711. The highest BCUT2D eigenvalue weighted by molar-refractivity contribution is 9.10. The first-order chi connectivity index (χ1) is 13.9. The minimum atomic E-state index is 0.176. The summed E-state index contributed by atoms with van der Waals surface area (Å²) in [7, 11) is 1.90. The van der Waals surface area contributed by atoms with Crippen LogP contribution in [0.15, 0.2) is 39.3 Å².